The highest BCUT2D eigenvalue weighted by atomic mass is 79.9. The predicted octanol–water partition coefficient (Wildman–Crippen LogP) is 5.80. The summed E-state index contributed by atoms with van der Waals surface area (Å²) < 4.78 is 14.4. The third-order valence-corrected chi connectivity index (χ3v) is 5.56. The molecule has 0 saturated carbocycles. The lowest BCUT2D eigenvalue weighted by molar-refractivity contribution is 0.102. The number of nitrogens with one attached hydrogen (secondary N) is 1. The molecule has 0 saturated heterocycles. The van der Waals surface area contributed by atoms with Crippen LogP contribution in [0.4, 0.5) is 5.69 Å². The van der Waals surface area contributed by atoms with Gasteiger partial charge in [-0.05, 0) is 62.2 Å². The second-order valence-corrected chi connectivity index (χ2v) is 8.21. The van der Waals surface area contributed by atoms with Gasteiger partial charge in [-0.15, -0.1) is 0 Å². The number of carbonyl (C=O) groups is 1. The Morgan fingerprint density at radius 2 is 1.70 bits per heavy atom. The van der Waals surface area contributed by atoms with Crippen LogP contribution < -0.4 is 14.8 Å². The van der Waals surface area contributed by atoms with Gasteiger partial charge >= 0.3 is 0 Å². The highest BCUT2D eigenvalue weighted by Crippen LogP contribution is 2.30. The summed E-state index contributed by atoms with van der Waals surface area (Å²) in [6, 6.07) is 14.7. The van der Waals surface area contributed by atoms with Crippen molar-refractivity contribution in [1.82, 2.24) is 9.38 Å². The van der Waals surface area contributed by atoms with E-state index in [9.17, 15) is 4.79 Å². The lowest BCUT2D eigenvalue weighted by Gasteiger charge is -2.13. The molecule has 1 amide bonds. The van der Waals surface area contributed by atoms with Crippen LogP contribution in [0.2, 0.25) is 0 Å². The Labute approximate surface area is 190 Å². The Balaban J connectivity index is 1.67. The summed E-state index contributed by atoms with van der Waals surface area (Å²) in [6.45, 7) is 0. The number of rotatable bonds is 5. The Bertz CT molecular complexity index is 1230. The van der Waals surface area contributed by atoms with Crippen LogP contribution in [0.3, 0.4) is 0 Å². The molecule has 0 aliphatic carbocycles. The van der Waals surface area contributed by atoms with E-state index in [1.807, 2.05) is 47.1 Å². The van der Waals surface area contributed by atoms with Crippen LogP contribution in [0.1, 0.15) is 10.4 Å². The molecule has 0 atom stereocenters. The fraction of sp³-hybridized carbons (Fsp3) is 0.0909. The fourth-order valence-electron chi connectivity index (χ4n) is 3.19. The van der Waals surface area contributed by atoms with E-state index >= 15 is 0 Å². The molecule has 0 aliphatic rings. The van der Waals surface area contributed by atoms with Crippen LogP contribution in [0, 0.1) is 0 Å². The molecule has 4 aromatic rings. The number of fused-ring (bicyclic) bond motifs is 1. The maximum Gasteiger partial charge on any atom is 0.263 e. The topological polar surface area (TPSA) is 64.9 Å². The van der Waals surface area contributed by atoms with E-state index in [-0.39, 0.29) is 5.91 Å². The molecule has 152 valence electrons. The molecule has 0 aliphatic heterocycles. The van der Waals surface area contributed by atoms with Gasteiger partial charge in [-0.25, -0.2) is 4.98 Å². The van der Waals surface area contributed by atoms with E-state index in [0.29, 0.717) is 22.7 Å². The van der Waals surface area contributed by atoms with E-state index < -0.39 is 0 Å². The van der Waals surface area contributed by atoms with Gasteiger partial charge in [0.1, 0.15) is 17.1 Å². The molecule has 0 spiro atoms. The third-order valence-electron chi connectivity index (χ3n) is 4.54. The summed E-state index contributed by atoms with van der Waals surface area (Å²) in [5.74, 6) is 0.570. The number of halogens is 2. The SMILES string of the molecule is COc1cccc(OC)c1C(=O)Nc1cccc(-c2cn3cc(Br)cc(Br)c3n2)c1. The van der Waals surface area contributed by atoms with Crippen LogP contribution in [0.25, 0.3) is 16.9 Å². The summed E-state index contributed by atoms with van der Waals surface area (Å²) in [5.41, 5.74) is 3.46. The number of hydrogen-bond donors (Lipinski definition) is 1. The van der Waals surface area contributed by atoms with Crippen molar-refractivity contribution >= 4 is 49.1 Å². The van der Waals surface area contributed by atoms with Crippen molar-refractivity contribution in [2.24, 2.45) is 0 Å². The van der Waals surface area contributed by atoms with E-state index in [1.54, 1.807) is 18.2 Å². The summed E-state index contributed by atoms with van der Waals surface area (Å²) in [7, 11) is 3.04. The van der Waals surface area contributed by atoms with Crippen molar-refractivity contribution in [3.8, 4) is 22.8 Å². The summed E-state index contributed by atoms with van der Waals surface area (Å²) >= 11 is 7.03. The minimum atomic E-state index is -0.317. The van der Waals surface area contributed by atoms with Crippen molar-refractivity contribution in [3.63, 3.8) is 0 Å². The van der Waals surface area contributed by atoms with Gasteiger partial charge in [0.05, 0.1) is 24.4 Å². The molecule has 0 radical (unpaired) electrons. The number of hydrogen-bond acceptors (Lipinski definition) is 4. The van der Waals surface area contributed by atoms with Crippen LogP contribution in [0.15, 0.2) is 69.9 Å². The zero-order valence-corrected chi connectivity index (χ0v) is 19.3. The van der Waals surface area contributed by atoms with Gasteiger partial charge in [-0.2, -0.15) is 0 Å². The summed E-state index contributed by atoms with van der Waals surface area (Å²) in [5, 5.41) is 2.92. The van der Waals surface area contributed by atoms with E-state index in [0.717, 1.165) is 25.8 Å². The number of ether oxygens (including phenoxy) is 2. The van der Waals surface area contributed by atoms with Gasteiger partial charge < -0.3 is 19.2 Å². The first-order chi connectivity index (χ1) is 14.5. The first-order valence-corrected chi connectivity index (χ1v) is 10.6. The Morgan fingerprint density at radius 3 is 2.40 bits per heavy atom. The number of anilines is 1. The van der Waals surface area contributed by atoms with E-state index in [2.05, 4.69) is 37.2 Å². The first-order valence-electron chi connectivity index (χ1n) is 8.96. The quantitative estimate of drug-likeness (QED) is 0.354. The number of aromatic nitrogens is 2. The van der Waals surface area contributed by atoms with Gasteiger partial charge in [-0.1, -0.05) is 18.2 Å². The Kier molecular flexibility index (Phi) is 5.78. The predicted molar refractivity (Wildman–Crippen MR) is 124 cm³/mol. The second-order valence-electron chi connectivity index (χ2n) is 6.44. The standard InChI is InChI=1S/C22H17Br2N3O3/c1-29-18-7-4-8-19(30-2)20(18)22(28)25-15-6-3-5-13(9-15)17-12-27-11-14(23)10-16(24)21(27)26-17/h3-12H,1-2H3,(H,25,28). The highest BCUT2D eigenvalue weighted by Gasteiger charge is 2.18. The zero-order chi connectivity index (χ0) is 21.3. The maximum absolute atomic E-state index is 12.9. The minimum Gasteiger partial charge on any atom is -0.496 e. The zero-order valence-electron chi connectivity index (χ0n) is 16.1. The number of imidazole rings is 1. The van der Waals surface area contributed by atoms with Gasteiger partial charge in [0.2, 0.25) is 0 Å². The third kappa shape index (κ3) is 3.93. The molecule has 30 heavy (non-hydrogen) atoms. The van der Waals surface area contributed by atoms with Gasteiger partial charge in [0, 0.05) is 28.1 Å². The molecular formula is C22H17Br2N3O3. The van der Waals surface area contributed by atoms with E-state index in [1.165, 1.54) is 14.2 Å². The lowest BCUT2D eigenvalue weighted by atomic mass is 10.1. The Hall–Kier alpha value is -2.84. The van der Waals surface area contributed by atoms with Crippen molar-refractivity contribution in [2.75, 3.05) is 19.5 Å². The smallest absolute Gasteiger partial charge is 0.263 e. The summed E-state index contributed by atoms with van der Waals surface area (Å²) in [4.78, 5) is 17.6. The molecule has 0 bridgehead atoms. The van der Waals surface area contributed by atoms with Gasteiger partial charge in [0.15, 0.2) is 5.65 Å². The molecule has 1 N–H and O–H groups in total. The molecule has 0 unspecified atom stereocenters. The molecule has 2 aromatic heterocycles. The Morgan fingerprint density at radius 1 is 1.00 bits per heavy atom. The van der Waals surface area contributed by atoms with Gasteiger partial charge in [0.25, 0.3) is 5.91 Å². The summed E-state index contributed by atoms with van der Waals surface area (Å²) in [6.07, 6.45) is 3.88. The van der Waals surface area contributed by atoms with Crippen molar-refractivity contribution < 1.29 is 14.3 Å². The normalized spacial score (nSPS) is 10.8. The number of pyridine rings is 1. The average Bonchev–Trinajstić information content (AvgIpc) is 3.17. The van der Waals surface area contributed by atoms with Crippen molar-refractivity contribution in [2.45, 2.75) is 0 Å². The number of benzene rings is 2. The van der Waals surface area contributed by atoms with Crippen LogP contribution in [0.5, 0.6) is 11.5 Å². The number of amides is 1. The van der Waals surface area contributed by atoms with E-state index in [4.69, 9.17) is 14.5 Å². The molecule has 2 heterocycles. The number of carbonyl (C=O) groups excluding carboxylic acids is 1. The molecule has 6 nitrogen and oxygen atoms in total. The molecule has 2 aromatic carbocycles. The average molecular weight is 531 g/mol. The van der Waals surface area contributed by atoms with Crippen LogP contribution in [-0.2, 0) is 0 Å². The second kappa shape index (κ2) is 8.49. The first kappa shape index (κ1) is 20.4. The molecule has 4 rings (SSSR count). The maximum atomic E-state index is 12.9. The molecule has 8 heteroatoms. The molecule has 0 fully saturated rings. The highest BCUT2D eigenvalue weighted by molar-refractivity contribution is 9.11. The van der Waals surface area contributed by atoms with Crippen molar-refractivity contribution in [1.29, 1.82) is 0 Å². The molecular weight excluding hydrogens is 514 g/mol. The monoisotopic (exact) mass is 529 g/mol. The number of methoxy groups -OCH3 is 2. The fourth-order valence-corrected chi connectivity index (χ4v) is 4.49. The van der Waals surface area contributed by atoms with Crippen LogP contribution in [-0.4, -0.2) is 29.5 Å². The minimum absolute atomic E-state index is 0.317. The van der Waals surface area contributed by atoms with Crippen LogP contribution >= 0.6 is 31.9 Å². The number of nitrogens with zero attached hydrogens (tertiary/aromatic N) is 2. The lowest BCUT2D eigenvalue weighted by Crippen LogP contribution is -2.14. The van der Waals surface area contributed by atoms with Gasteiger partial charge in [-0.3, -0.25) is 4.79 Å². The van der Waals surface area contributed by atoms with Crippen molar-refractivity contribution in [3.05, 3.63) is 75.4 Å². The largest absolute Gasteiger partial charge is 0.496 e.